The van der Waals surface area contributed by atoms with Crippen molar-refractivity contribution in [2.45, 2.75) is 44.1 Å². The van der Waals surface area contributed by atoms with Crippen LogP contribution in [0.3, 0.4) is 0 Å². The molecule has 1 aliphatic rings. The van der Waals surface area contributed by atoms with Gasteiger partial charge in [-0.15, -0.1) is 0 Å². The standard InChI is InChI=1S/C22H24N4O2S/c1-2-15-7-3-5-9-18(15)25-20(27)13-24-21(28)14-29-22-17(12-23)11-16-8-4-6-10-19(16)26-22/h3,5,7,9,11H,2,4,6,8,10,13-14H2,1H3,(H,24,28)(H,25,27). The van der Waals surface area contributed by atoms with Crippen molar-refractivity contribution in [2.75, 3.05) is 17.6 Å². The van der Waals surface area contributed by atoms with E-state index in [0.29, 0.717) is 10.6 Å². The number of nitriles is 1. The summed E-state index contributed by atoms with van der Waals surface area (Å²) in [6.07, 6.45) is 4.92. The maximum Gasteiger partial charge on any atom is 0.243 e. The van der Waals surface area contributed by atoms with Gasteiger partial charge in [0.25, 0.3) is 0 Å². The summed E-state index contributed by atoms with van der Waals surface area (Å²) in [5.41, 5.74) is 4.50. The van der Waals surface area contributed by atoms with Gasteiger partial charge in [0.15, 0.2) is 0 Å². The molecule has 1 aromatic heterocycles. The highest BCUT2D eigenvalue weighted by atomic mass is 32.2. The van der Waals surface area contributed by atoms with Crippen LogP contribution in [0, 0.1) is 11.3 Å². The van der Waals surface area contributed by atoms with Gasteiger partial charge in [0.1, 0.15) is 11.1 Å². The number of aryl methyl sites for hydroxylation is 3. The second-order valence-electron chi connectivity index (χ2n) is 6.89. The van der Waals surface area contributed by atoms with Crippen molar-refractivity contribution in [3.8, 4) is 6.07 Å². The lowest BCUT2D eigenvalue weighted by Gasteiger charge is -2.16. The van der Waals surface area contributed by atoms with Crippen LogP contribution in [0.2, 0.25) is 0 Å². The quantitative estimate of drug-likeness (QED) is 0.686. The molecule has 29 heavy (non-hydrogen) atoms. The number of nitrogens with zero attached hydrogens (tertiary/aromatic N) is 2. The first-order chi connectivity index (χ1) is 14.1. The number of nitrogens with one attached hydrogen (secondary N) is 2. The lowest BCUT2D eigenvalue weighted by Crippen LogP contribution is -2.34. The third kappa shape index (κ3) is 5.58. The van der Waals surface area contributed by atoms with Crippen LogP contribution in [0.15, 0.2) is 35.4 Å². The van der Waals surface area contributed by atoms with Crippen molar-refractivity contribution in [2.24, 2.45) is 0 Å². The van der Waals surface area contributed by atoms with Gasteiger partial charge in [-0.1, -0.05) is 36.9 Å². The Morgan fingerprint density at radius 2 is 2.00 bits per heavy atom. The molecule has 0 bridgehead atoms. The first-order valence-corrected chi connectivity index (χ1v) is 10.8. The molecule has 0 saturated carbocycles. The van der Waals surface area contributed by atoms with Crippen molar-refractivity contribution in [3.05, 3.63) is 52.7 Å². The van der Waals surface area contributed by atoms with Gasteiger partial charge in [0, 0.05) is 11.4 Å². The van der Waals surface area contributed by atoms with Crippen LogP contribution < -0.4 is 10.6 Å². The first-order valence-electron chi connectivity index (χ1n) is 9.80. The zero-order valence-electron chi connectivity index (χ0n) is 16.5. The average molecular weight is 409 g/mol. The predicted molar refractivity (Wildman–Crippen MR) is 114 cm³/mol. The zero-order valence-corrected chi connectivity index (χ0v) is 17.3. The Kier molecular flexibility index (Phi) is 7.25. The molecule has 3 rings (SSSR count). The first kappa shape index (κ1) is 20.9. The number of rotatable bonds is 7. The number of para-hydroxylation sites is 1. The van der Waals surface area contributed by atoms with Crippen molar-refractivity contribution < 1.29 is 9.59 Å². The number of benzene rings is 1. The second-order valence-corrected chi connectivity index (χ2v) is 7.85. The molecule has 2 amide bonds. The van der Waals surface area contributed by atoms with Crippen LogP contribution in [0.5, 0.6) is 0 Å². The Morgan fingerprint density at radius 3 is 2.79 bits per heavy atom. The van der Waals surface area contributed by atoms with Gasteiger partial charge in [0.2, 0.25) is 11.8 Å². The smallest absolute Gasteiger partial charge is 0.243 e. The van der Waals surface area contributed by atoms with Crippen LogP contribution >= 0.6 is 11.8 Å². The summed E-state index contributed by atoms with van der Waals surface area (Å²) >= 11 is 1.24. The number of pyridine rings is 1. The fraction of sp³-hybridized carbons (Fsp3) is 0.364. The van der Waals surface area contributed by atoms with Crippen LogP contribution in [0.4, 0.5) is 5.69 Å². The van der Waals surface area contributed by atoms with Crippen LogP contribution in [-0.4, -0.2) is 29.1 Å². The van der Waals surface area contributed by atoms with E-state index in [1.54, 1.807) is 0 Å². The Bertz CT molecular complexity index is 952. The zero-order chi connectivity index (χ0) is 20.6. The van der Waals surface area contributed by atoms with Gasteiger partial charge in [-0.3, -0.25) is 9.59 Å². The van der Waals surface area contributed by atoms with Crippen LogP contribution in [0.25, 0.3) is 0 Å². The molecule has 6 nitrogen and oxygen atoms in total. The number of carbonyl (C=O) groups excluding carboxylic acids is 2. The SMILES string of the molecule is CCc1ccccc1NC(=O)CNC(=O)CSc1nc2c(cc1C#N)CCCC2. The highest BCUT2D eigenvalue weighted by Crippen LogP contribution is 2.27. The largest absolute Gasteiger partial charge is 0.346 e. The van der Waals surface area contributed by atoms with Crippen LogP contribution in [0.1, 0.15) is 42.1 Å². The highest BCUT2D eigenvalue weighted by molar-refractivity contribution is 8.00. The van der Waals surface area contributed by atoms with E-state index in [4.69, 9.17) is 0 Å². The normalized spacial score (nSPS) is 12.6. The Labute approximate surface area is 175 Å². The topological polar surface area (TPSA) is 94.9 Å². The Morgan fingerprint density at radius 1 is 1.21 bits per heavy atom. The molecule has 1 aromatic carbocycles. The molecule has 0 atom stereocenters. The summed E-state index contributed by atoms with van der Waals surface area (Å²) in [7, 11) is 0. The van der Waals surface area contributed by atoms with Gasteiger partial charge in [-0.2, -0.15) is 5.26 Å². The molecule has 0 aliphatic heterocycles. The van der Waals surface area contributed by atoms with Crippen molar-refractivity contribution in [1.29, 1.82) is 5.26 Å². The van der Waals surface area contributed by atoms with E-state index < -0.39 is 0 Å². The van der Waals surface area contributed by atoms with E-state index in [0.717, 1.165) is 54.6 Å². The molecule has 150 valence electrons. The summed E-state index contributed by atoms with van der Waals surface area (Å²) in [4.78, 5) is 28.9. The Hall–Kier alpha value is -2.85. The molecular formula is C22H24N4O2S. The molecule has 1 heterocycles. The highest BCUT2D eigenvalue weighted by Gasteiger charge is 2.16. The maximum atomic E-state index is 12.2. The number of fused-ring (bicyclic) bond motifs is 1. The number of hydrogen-bond donors (Lipinski definition) is 2. The number of amides is 2. The van der Waals surface area contributed by atoms with E-state index in [2.05, 4.69) is 21.7 Å². The van der Waals surface area contributed by atoms with Gasteiger partial charge >= 0.3 is 0 Å². The lowest BCUT2D eigenvalue weighted by atomic mass is 9.95. The number of thioether (sulfide) groups is 1. The third-order valence-corrected chi connectivity index (χ3v) is 5.84. The molecule has 2 aromatic rings. The summed E-state index contributed by atoms with van der Waals surface area (Å²) in [5.74, 6) is -0.426. The summed E-state index contributed by atoms with van der Waals surface area (Å²) in [6, 6.07) is 11.7. The average Bonchev–Trinajstić information content (AvgIpc) is 2.75. The predicted octanol–water partition coefficient (Wildman–Crippen LogP) is 3.24. The van der Waals surface area contributed by atoms with Crippen molar-refractivity contribution in [1.82, 2.24) is 10.3 Å². The summed E-state index contributed by atoms with van der Waals surface area (Å²) < 4.78 is 0. The molecule has 0 saturated heterocycles. The number of hydrogen-bond acceptors (Lipinski definition) is 5. The van der Waals surface area contributed by atoms with Gasteiger partial charge in [-0.25, -0.2) is 4.98 Å². The van der Waals surface area contributed by atoms with Crippen molar-refractivity contribution >= 4 is 29.3 Å². The van der Waals surface area contributed by atoms with Gasteiger partial charge < -0.3 is 10.6 Å². The lowest BCUT2D eigenvalue weighted by molar-refractivity contribution is -0.122. The Balaban J connectivity index is 1.51. The summed E-state index contributed by atoms with van der Waals surface area (Å²) in [6.45, 7) is 1.92. The minimum Gasteiger partial charge on any atom is -0.346 e. The monoisotopic (exact) mass is 408 g/mol. The van der Waals surface area contributed by atoms with E-state index in [1.165, 1.54) is 11.8 Å². The molecule has 0 fully saturated rings. The van der Waals surface area contributed by atoms with E-state index in [9.17, 15) is 14.9 Å². The minimum atomic E-state index is -0.270. The fourth-order valence-corrected chi connectivity index (χ4v) is 4.12. The fourth-order valence-electron chi connectivity index (χ4n) is 3.31. The van der Waals surface area contributed by atoms with E-state index in [1.807, 2.05) is 37.3 Å². The molecular weight excluding hydrogens is 384 g/mol. The number of aromatic nitrogens is 1. The van der Waals surface area contributed by atoms with E-state index >= 15 is 0 Å². The molecule has 2 N–H and O–H groups in total. The van der Waals surface area contributed by atoms with Gasteiger partial charge in [-0.05, 0) is 55.4 Å². The minimum absolute atomic E-state index is 0.0971. The number of carbonyl (C=O) groups is 2. The molecule has 0 spiro atoms. The molecule has 1 aliphatic carbocycles. The van der Waals surface area contributed by atoms with Crippen LogP contribution in [-0.2, 0) is 28.9 Å². The molecule has 7 heteroatoms. The third-order valence-electron chi connectivity index (χ3n) is 4.84. The molecule has 0 unspecified atom stereocenters. The molecule has 0 radical (unpaired) electrons. The number of anilines is 1. The van der Waals surface area contributed by atoms with Gasteiger partial charge in [0.05, 0.1) is 17.9 Å². The van der Waals surface area contributed by atoms with Crippen molar-refractivity contribution in [3.63, 3.8) is 0 Å². The van der Waals surface area contributed by atoms with E-state index in [-0.39, 0.29) is 24.1 Å². The maximum absolute atomic E-state index is 12.2. The summed E-state index contributed by atoms with van der Waals surface area (Å²) in [5, 5.41) is 15.4. The second kappa shape index (κ2) is 10.1.